The molecule has 0 saturated carbocycles. The van der Waals surface area contributed by atoms with Gasteiger partial charge in [0.2, 0.25) is 12.6 Å². The van der Waals surface area contributed by atoms with Crippen molar-refractivity contribution in [1.29, 1.82) is 0 Å². The van der Waals surface area contributed by atoms with E-state index in [2.05, 4.69) is 15.1 Å². The molecule has 1 aliphatic heterocycles. The SMILES string of the molecule is O=c1[nH]c2cc(-c3nc(-c4ccc5c(c4)OCO5)no3)ccc2c(=O)n1CCCc1ccccc1. The summed E-state index contributed by atoms with van der Waals surface area (Å²) in [5.74, 6) is 1.95. The van der Waals surface area contributed by atoms with Crippen LogP contribution in [0, 0.1) is 0 Å². The molecule has 174 valence electrons. The monoisotopic (exact) mass is 468 g/mol. The van der Waals surface area contributed by atoms with Gasteiger partial charge in [0, 0.05) is 17.7 Å². The van der Waals surface area contributed by atoms with E-state index < -0.39 is 5.69 Å². The molecule has 0 aliphatic carbocycles. The highest BCUT2D eigenvalue weighted by Gasteiger charge is 2.18. The predicted octanol–water partition coefficient (Wildman–Crippen LogP) is 3.77. The van der Waals surface area contributed by atoms with Gasteiger partial charge in [0.15, 0.2) is 11.5 Å². The number of rotatable bonds is 6. The molecular weight excluding hydrogens is 448 g/mol. The van der Waals surface area contributed by atoms with Gasteiger partial charge in [-0.15, -0.1) is 0 Å². The lowest BCUT2D eigenvalue weighted by Gasteiger charge is -2.07. The van der Waals surface area contributed by atoms with Gasteiger partial charge in [0.25, 0.3) is 11.4 Å². The van der Waals surface area contributed by atoms with E-state index in [0.717, 1.165) is 12.0 Å². The molecule has 0 spiro atoms. The highest BCUT2D eigenvalue weighted by atomic mass is 16.7. The molecule has 6 rings (SSSR count). The van der Waals surface area contributed by atoms with Crippen molar-refractivity contribution in [3.63, 3.8) is 0 Å². The van der Waals surface area contributed by atoms with E-state index in [9.17, 15) is 9.59 Å². The molecule has 9 nitrogen and oxygen atoms in total. The number of hydrogen-bond donors (Lipinski definition) is 1. The van der Waals surface area contributed by atoms with Gasteiger partial charge < -0.3 is 19.0 Å². The molecule has 5 aromatic rings. The summed E-state index contributed by atoms with van der Waals surface area (Å²) in [4.78, 5) is 32.9. The highest BCUT2D eigenvalue weighted by molar-refractivity contribution is 5.82. The molecule has 9 heteroatoms. The van der Waals surface area contributed by atoms with Gasteiger partial charge >= 0.3 is 5.69 Å². The molecule has 0 saturated heterocycles. The first-order valence-electron chi connectivity index (χ1n) is 11.2. The molecule has 0 atom stereocenters. The standard InChI is InChI=1S/C26H20N4O5/c31-25-19-10-8-18(24-28-23(29-35-24)17-9-11-21-22(14-17)34-15-33-21)13-20(19)27-26(32)30(25)12-4-7-16-5-2-1-3-6-16/h1-3,5-6,8-11,13-14H,4,7,12,15H2,(H,27,32). The molecule has 2 aromatic heterocycles. The van der Waals surface area contributed by atoms with E-state index in [0.29, 0.717) is 46.8 Å². The maximum absolute atomic E-state index is 13.0. The Labute approximate surface area is 198 Å². The topological polar surface area (TPSA) is 112 Å². The van der Waals surface area contributed by atoms with E-state index >= 15 is 0 Å². The minimum Gasteiger partial charge on any atom is -0.454 e. The van der Waals surface area contributed by atoms with E-state index in [1.807, 2.05) is 36.4 Å². The number of aromatic nitrogens is 4. The average Bonchev–Trinajstić information content (AvgIpc) is 3.56. The largest absolute Gasteiger partial charge is 0.454 e. The molecule has 0 radical (unpaired) electrons. The number of nitrogens with zero attached hydrogens (tertiary/aromatic N) is 3. The van der Waals surface area contributed by atoms with Crippen molar-refractivity contribution in [2.45, 2.75) is 19.4 Å². The van der Waals surface area contributed by atoms with Crippen molar-refractivity contribution in [3.8, 4) is 34.3 Å². The maximum Gasteiger partial charge on any atom is 0.328 e. The smallest absolute Gasteiger partial charge is 0.328 e. The first-order valence-corrected chi connectivity index (χ1v) is 11.2. The van der Waals surface area contributed by atoms with Crippen LogP contribution in [0.4, 0.5) is 0 Å². The van der Waals surface area contributed by atoms with E-state index in [4.69, 9.17) is 14.0 Å². The third-order valence-electron chi connectivity index (χ3n) is 5.98. The molecule has 0 unspecified atom stereocenters. The summed E-state index contributed by atoms with van der Waals surface area (Å²) in [5, 5.41) is 4.48. The Balaban J connectivity index is 1.26. The fourth-order valence-electron chi connectivity index (χ4n) is 4.17. The van der Waals surface area contributed by atoms with Gasteiger partial charge in [0.1, 0.15) is 0 Å². The lowest BCUT2D eigenvalue weighted by molar-refractivity contribution is 0.174. The van der Waals surface area contributed by atoms with E-state index in [1.165, 1.54) is 10.1 Å². The lowest BCUT2D eigenvalue weighted by atomic mass is 10.1. The number of fused-ring (bicyclic) bond motifs is 2. The maximum atomic E-state index is 13.0. The average molecular weight is 468 g/mol. The molecule has 0 amide bonds. The van der Waals surface area contributed by atoms with E-state index in [1.54, 1.807) is 30.3 Å². The summed E-state index contributed by atoms with van der Waals surface area (Å²) < 4.78 is 17.4. The number of benzene rings is 3. The van der Waals surface area contributed by atoms with Crippen molar-refractivity contribution in [2.75, 3.05) is 6.79 Å². The third kappa shape index (κ3) is 3.97. The first-order chi connectivity index (χ1) is 17.2. The Hall–Kier alpha value is -4.66. The molecule has 1 N–H and O–H groups in total. The Morgan fingerprint density at radius 1 is 0.914 bits per heavy atom. The van der Waals surface area contributed by atoms with Crippen LogP contribution in [0.25, 0.3) is 33.7 Å². The third-order valence-corrected chi connectivity index (χ3v) is 5.98. The fourth-order valence-corrected chi connectivity index (χ4v) is 4.17. The van der Waals surface area contributed by atoms with Crippen LogP contribution in [0.15, 0.2) is 80.8 Å². The summed E-state index contributed by atoms with van der Waals surface area (Å²) in [6, 6.07) is 20.4. The van der Waals surface area contributed by atoms with Crippen LogP contribution in [-0.2, 0) is 13.0 Å². The van der Waals surface area contributed by atoms with Crippen molar-refractivity contribution in [2.24, 2.45) is 0 Å². The molecular formula is C26H20N4O5. The number of hydrogen-bond acceptors (Lipinski definition) is 7. The first kappa shape index (κ1) is 20.9. The molecule has 1 aliphatic rings. The lowest BCUT2D eigenvalue weighted by Crippen LogP contribution is -2.35. The van der Waals surface area contributed by atoms with Gasteiger partial charge in [0.05, 0.1) is 10.9 Å². The quantitative estimate of drug-likeness (QED) is 0.404. The Bertz CT molecular complexity index is 1650. The molecule has 35 heavy (non-hydrogen) atoms. The minimum absolute atomic E-state index is 0.181. The zero-order valence-electron chi connectivity index (χ0n) is 18.6. The summed E-state index contributed by atoms with van der Waals surface area (Å²) in [5.41, 5.74) is 2.13. The van der Waals surface area contributed by atoms with Crippen LogP contribution in [0.5, 0.6) is 11.5 Å². The Morgan fingerprint density at radius 3 is 2.63 bits per heavy atom. The van der Waals surface area contributed by atoms with Crippen LogP contribution in [0.3, 0.4) is 0 Å². The number of H-pyrrole nitrogens is 1. The summed E-state index contributed by atoms with van der Waals surface area (Å²) in [6.07, 6.45) is 1.47. The second-order valence-corrected chi connectivity index (χ2v) is 8.23. The number of nitrogens with one attached hydrogen (secondary N) is 1. The number of aryl methyl sites for hydroxylation is 1. The normalized spacial score (nSPS) is 12.3. The molecule has 3 aromatic carbocycles. The van der Waals surface area contributed by atoms with Gasteiger partial charge in [-0.05, 0) is 54.8 Å². The fraction of sp³-hybridized carbons (Fsp3) is 0.154. The van der Waals surface area contributed by atoms with Crippen LogP contribution in [0.1, 0.15) is 12.0 Å². The number of ether oxygens (including phenoxy) is 2. The van der Waals surface area contributed by atoms with Crippen LogP contribution < -0.4 is 20.7 Å². The van der Waals surface area contributed by atoms with E-state index in [-0.39, 0.29) is 18.2 Å². The second kappa shape index (κ2) is 8.60. The van der Waals surface area contributed by atoms with Crippen molar-refractivity contribution in [1.82, 2.24) is 19.7 Å². The van der Waals surface area contributed by atoms with Gasteiger partial charge in [-0.3, -0.25) is 9.36 Å². The molecule has 0 bridgehead atoms. The van der Waals surface area contributed by atoms with Crippen molar-refractivity contribution in [3.05, 3.63) is 93.1 Å². The summed E-state index contributed by atoms with van der Waals surface area (Å²) in [7, 11) is 0. The van der Waals surface area contributed by atoms with Crippen LogP contribution in [-0.4, -0.2) is 26.5 Å². The van der Waals surface area contributed by atoms with Crippen LogP contribution in [0.2, 0.25) is 0 Å². The Morgan fingerprint density at radius 2 is 1.74 bits per heavy atom. The highest BCUT2D eigenvalue weighted by Crippen LogP contribution is 2.35. The number of aromatic amines is 1. The second-order valence-electron chi connectivity index (χ2n) is 8.23. The molecule has 3 heterocycles. The molecule has 0 fully saturated rings. The van der Waals surface area contributed by atoms with Gasteiger partial charge in [-0.25, -0.2) is 4.79 Å². The Kier molecular flexibility index (Phi) is 5.14. The van der Waals surface area contributed by atoms with Gasteiger partial charge in [-0.1, -0.05) is 35.5 Å². The zero-order chi connectivity index (χ0) is 23.8. The van der Waals surface area contributed by atoms with Crippen molar-refractivity contribution < 1.29 is 14.0 Å². The predicted molar refractivity (Wildman–Crippen MR) is 128 cm³/mol. The minimum atomic E-state index is -0.445. The zero-order valence-corrected chi connectivity index (χ0v) is 18.6. The van der Waals surface area contributed by atoms with Crippen molar-refractivity contribution >= 4 is 10.9 Å². The van der Waals surface area contributed by atoms with Crippen LogP contribution >= 0.6 is 0 Å². The summed E-state index contributed by atoms with van der Waals surface area (Å²) in [6.45, 7) is 0.517. The van der Waals surface area contributed by atoms with Gasteiger partial charge in [-0.2, -0.15) is 4.98 Å². The summed E-state index contributed by atoms with van der Waals surface area (Å²) >= 11 is 0.